The third kappa shape index (κ3) is 7.06. The van der Waals surface area contributed by atoms with Crippen molar-refractivity contribution in [3.05, 3.63) is 12.2 Å². The number of halogens is 1. The molecule has 0 saturated heterocycles. The minimum Gasteiger partial charge on any atom is -0.357 e. The van der Waals surface area contributed by atoms with Crippen LogP contribution in [0.3, 0.4) is 0 Å². The van der Waals surface area contributed by atoms with Crippen molar-refractivity contribution < 1.29 is 0 Å². The summed E-state index contributed by atoms with van der Waals surface area (Å²) in [7, 11) is 0. The number of guanidine groups is 1. The maximum absolute atomic E-state index is 4.53. The van der Waals surface area contributed by atoms with Crippen LogP contribution in [0.5, 0.6) is 0 Å². The summed E-state index contributed by atoms with van der Waals surface area (Å²) in [4.78, 5) is 4.53. The highest BCUT2D eigenvalue weighted by Gasteiger charge is 2.02. The van der Waals surface area contributed by atoms with Gasteiger partial charge in [-0.2, -0.15) is 0 Å². The molecule has 0 aromatic carbocycles. The summed E-state index contributed by atoms with van der Waals surface area (Å²) < 4.78 is 2.00. The van der Waals surface area contributed by atoms with Crippen molar-refractivity contribution in [2.75, 3.05) is 13.1 Å². The molecule has 0 atom stereocenters. The summed E-state index contributed by atoms with van der Waals surface area (Å²) in [5.74, 6) is 1.75. The molecule has 0 bridgehead atoms. The number of aliphatic imine (C=N–C) groups is 1. The standard InChI is InChI=1S/C13H26N6.HI/c1-4-7-8-9-15-13(14-5-2)16-10-12-18-17-11-19(12)6-3;/h11H,4-10H2,1-3H3,(H2,14,15,16);1H. The molecule has 1 heterocycles. The molecule has 0 saturated carbocycles. The van der Waals surface area contributed by atoms with Crippen LogP contribution in [0.4, 0.5) is 0 Å². The van der Waals surface area contributed by atoms with Crippen LogP contribution in [-0.2, 0) is 13.1 Å². The number of rotatable bonds is 8. The Bertz CT molecular complexity index is 377. The highest BCUT2D eigenvalue weighted by Crippen LogP contribution is 1.97. The molecule has 6 nitrogen and oxygen atoms in total. The van der Waals surface area contributed by atoms with Gasteiger partial charge in [-0.1, -0.05) is 19.8 Å². The predicted octanol–water partition coefficient (Wildman–Crippen LogP) is 2.16. The fourth-order valence-electron chi connectivity index (χ4n) is 1.74. The minimum atomic E-state index is 0. The zero-order valence-corrected chi connectivity index (χ0v) is 15.1. The van der Waals surface area contributed by atoms with Crippen LogP contribution in [0.25, 0.3) is 0 Å². The maximum atomic E-state index is 4.53. The monoisotopic (exact) mass is 394 g/mol. The molecule has 20 heavy (non-hydrogen) atoms. The normalized spacial score (nSPS) is 11.1. The van der Waals surface area contributed by atoms with Crippen LogP contribution in [-0.4, -0.2) is 33.8 Å². The van der Waals surface area contributed by atoms with E-state index in [1.54, 1.807) is 6.33 Å². The number of nitrogens with zero attached hydrogens (tertiary/aromatic N) is 4. The number of aromatic nitrogens is 3. The van der Waals surface area contributed by atoms with Gasteiger partial charge in [-0.05, 0) is 20.3 Å². The van der Waals surface area contributed by atoms with Gasteiger partial charge >= 0.3 is 0 Å². The summed E-state index contributed by atoms with van der Waals surface area (Å²) in [6.45, 7) is 9.59. The Morgan fingerprint density at radius 2 is 2.05 bits per heavy atom. The second-order valence-corrected chi connectivity index (χ2v) is 4.36. The van der Waals surface area contributed by atoms with E-state index in [-0.39, 0.29) is 24.0 Å². The quantitative estimate of drug-likeness (QED) is 0.307. The molecular formula is C13H27IN6. The molecule has 0 radical (unpaired) electrons. The average Bonchev–Trinajstić information content (AvgIpc) is 2.88. The van der Waals surface area contributed by atoms with Crippen molar-refractivity contribution >= 4 is 29.9 Å². The third-order valence-electron chi connectivity index (χ3n) is 2.83. The van der Waals surface area contributed by atoms with Gasteiger partial charge in [0, 0.05) is 19.6 Å². The number of aryl methyl sites for hydroxylation is 1. The summed E-state index contributed by atoms with van der Waals surface area (Å²) in [6, 6.07) is 0. The van der Waals surface area contributed by atoms with Crippen LogP contribution < -0.4 is 10.6 Å². The van der Waals surface area contributed by atoms with Crippen molar-refractivity contribution in [3.8, 4) is 0 Å². The fourth-order valence-corrected chi connectivity index (χ4v) is 1.74. The lowest BCUT2D eigenvalue weighted by molar-refractivity contribution is 0.674. The van der Waals surface area contributed by atoms with Crippen LogP contribution in [0.1, 0.15) is 45.9 Å². The average molecular weight is 394 g/mol. The van der Waals surface area contributed by atoms with Crippen molar-refractivity contribution in [2.24, 2.45) is 4.99 Å². The molecule has 1 aromatic rings. The van der Waals surface area contributed by atoms with Gasteiger partial charge in [0.2, 0.25) is 0 Å². The van der Waals surface area contributed by atoms with Crippen molar-refractivity contribution in [3.63, 3.8) is 0 Å². The number of nitrogens with one attached hydrogen (secondary N) is 2. The molecule has 0 aliphatic carbocycles. The van der Waals surface area contributed by atoms with Gasteiger partial charge in [-0.25, -0.2) is 4.99 Å². The molecule has 0 aliphatic rings. The summed E-state index contributed by atoms with van der Waals surface area (Å²) in [5.41, 5.74) is 0. The first-order valence-electron chi connectivity index (χ1n) is 7.20. The van der Waals surface area contributed by atoms with E-state index in [4.69, 9.17) is 0 Å². The Kier molecular flexibility index (Phi) is 11.4. The molecule has 2 N–H and O–H groups in total. The van der Waals surface area contributed by atoms with E-state index in [0.29, 0.717) is 6.54 Å². The molecule has 1 rings (SSSR count). The first kappa shape index (κ1) is 19.1. The molecule has 7 heteroatoms. The van der Waals surface area contributed by atoms with Crippen molar-refractivity contribution in [2.45, 2.75) is 53.1 Å². The lowest BCUT2D eigenvalue weighted by Gasteiger charge is -2.10. The molecule has 0 spiro atoms. The Morgan fingerprint density at radius 3 is 2.70 bits per heavy atom. The van der Waals surface area contributed by atoms with Crippen LogP contribution in [0.2, 0.25) is 0 Å². The highest BCUT2D eigenvalue weighted by atomic mass is 127. The van der Waals surface area contributed by atoms with E-state index in [0.717, 1.165) is 31.4 Å². The summed E-state index contributed by atoms with van der Waals surface area (Å²) >= 11 is 0. The largest absolute Gasteiger partial charge is 0.357 e. The molecule has 0 aliphatic heterocycles. The van der Waals surface area contributed by atoms with E-state index < -0.39 is 0 Å². The minimum absolute atomic E-state index is 0. The Morgan fingerprint density at radius 1 is 1.25 bits per heavy atom. The molecular weight excluding hydrogens is 367 g/mol. The molecule has 0 unspecified atom stereocenters. The highest BCUT2D eigenvalue weighted by molar-refractivity contribution is 14.0. The first-order chi connectivity index (χ1) is 9.31. The van der Waals surface area contributed by atoms with Gasteiger partial charge in [0.15, 0.2) is 11.8 Å². The van der Waals surface area contributed by atoms with Gasteiger partial charge in [0.25, 0.3) is 0 Å². The molecule has 116 valence electrons. The van der Waals surface area contributed by atoms with Gasteiger partial charge in [-0.15, -0.1) is 34.2 Å². The lowest BCUT2D eigenvalue weighted by Crippen LogP contribution is -2.37. The smallest absolute Gasteiger partial charge is 0.191 e. The van der Waals surface area contributed by atoms with Crippen molar-refractivity contribution in [1.29, 1.82) is 0 Å². The fraction of sp³-hybridized carbons (Fsp3) is 0.769. The van der Waals surface area contributed by atoms with Gasteiger partial charge in [0.1, 0.15) is 12.9 Å². The van der Waals surface area contributed by atoms with E-state index in [2.05, 4.69) is 46.6 Å². The van der Waals surface area contributed by atoms with Crippen LogP contribution in [0.15, 0.2) is 11.3 Å². The number of hydrogen-bond acceptors (Lipinski definition) is 3. The van der Waals surface area contributed by atoms with E-state index in [1.807, 2.05) is 4.57 Å². The van der Waals surface area contributed by atoms with E-state index in [1.165, 1.54) is 19.3 Å². The Labute approximate surface area is 138 Å². The molecule has 0 fully saturated rings. The van der Waals surface area contributed by atoms with Crippen LogP contribution in [0, 0.1) is 0 Å². The van der Waals surface area contributed by atoms with Gasteiger partial charge < -0.3 is 15.2 Å². The SMILES string of the molecule is CCCCCNC(=NCc1nncn1CC)NCC.I. The zero-order valence-electron chi connectivity index (χ0n) is 12.7. The summed E-state index contributed by atoms with van der Waals surface area (Å²) in [6.07, 6.45) is 5.39. The number of unbranched alkanes of at least 4 members (excludes halogenated alkanes) is 2. The second kappa shape index (κ2) is 11.9. The van der Waals surface area contributed by atoms with Crippen LogP contribution >= 0.6 is 24.0 Å². The van der Waals surface area contributed by atoms with Gasteiger partial charge in [0.05, 0.1) is 0 Å². The lowest BCUT2D eigenvalue weighted by atomic mass is 10.2. The number of hydrogen-bond donors (Lipinski definition) is 2. The zero-order chi connectivity index (χ0) is 13.9. The second-order valence-electron chi connectivity index (χ2n) is 4.36. The Balaban J connectivity index is 0.00000361. The Hall–Kier alpha value is -0.860. The van der Waals surface area contributed by atoms with Gasteiger partial charge in [-0.3, -0.25) is 0 Å². The maximum Gasteiger partial charge on any atom is 0.191 e. The molecule has 1 aromatic heterocycles. The summed E-state index contributed by atoms with van der Waals surface area (Å²) in [5, 5.41) is 14.6. The predicted molar refractivity (Wildman–Crippen MR) is 93.5 cm³/mol. The van der Waals surface area contributed by atoms with Crippen molar-refractivity contribution in [1.82, 2.24) is 25.4 Å². The molecule has 0 amide bonds. The van der Waals surface area contributed by atoms with E-state index >= 15 is 0 Å². The van der Waals surface area contributed by atoms with E-state index in [9.17, 15) is 0 Å². The first-order valence-corrected chi connectivity index (χ1v) is 7.20. The topological polar surface area (TPSA) is 67.1 Å². The third-order valence-corrected chi connectivity index (χ3v) is 2.83.